The molecule has 0 saturated heterocycles. The van der Waals surface area contributed by atoms with Gasteiger partial charge in [-0.25, -0.2) is 4.79 Å². The third-order valence-corrected chi connectivity index (χ3v) is 4.33. The SMILES string of the molecule is COC(=O)c1ccc2nc(C)cc(Oc3cc(C)ccc3C(C)C)c2c1. The smallest absolute Gasteiger partial charge is 0.337 e. The maximum atomic E-state index is 11.9. The summed E-state index contributed by atoms with van der Waals surface area (Å²) in [5, 5.41) is 0.787. The van der Waals surface area contributed by atoms with Crippen LogP contribution in [0.4, 0.5) is 0 Å². The third kappa shape index (κ3) is 3.54. The van der Waals surface area contributed by atoms with Gasteiger partial charge in [-0.05, 0) is 55.2 Å². The quantitative estimate of drug-likeness (QED) is 0.579. The van der Waals surface area contributed by atoms with Gasteiger partial charge in [0.15, 0.2) is 0 Å². The maximum Gasteiger partial charge on any atom is 0.337 e. The first-order chi connectivity index (χ1) is 12.4. The van der Waals surface area contributed by atoms with Crippen molar-refractivity contribution in [3.63, 3.8) is 0 Å². The topological polar surface area (TPSA) is 48.4 Å². The lowest BCUT2D eigenvalue weighted by Crippen LogP contribution is -2.02. The van der Waals surface area contributed by atoms with Gasteiger partial charge in [0.1, 0.15) is 11.5 Å². The van der Waals surface area contributed by atoms with Gasteiger partial charge in [-0.3, -0.25) is 4.98 Å². The first kappa shape index (κ1) is 17.9. The van der Waals surface area contributed by atoms with E-state index in [1.807, 2.05) is 32.0 Å². The molecule has 0 N–H and O–H groups in total. The molecule has 0 fully saturated rings. The number of carbonyl (C=O) groups is 1. The van der Waals surface area contributed by atoms with Crippen molar-refractivity contribution in [1.82, 2.24) is 4.98 Å². The fraction of sp³-hybridized carbons (Fsp3) is 0.273. The molecule has 3 rings (SSSR count). The van der Waals surface area contributed by atoms with Crippen LogP contribution in [0, 0.1) is 13.8 Å². The molecule has 0 atom stereocenters. The van der Waals surface area contributed by atoms with Gasteiger partial charge in [0.05, 0.1) is 18.2 Å². The predicted molar refractivity (Wildman–Crippen MR) is 103 cm³/mol. The molecule has 134 valence electrons. The van der Waals surface area contributed by atoms with E-state index in [0.717, 1.165) is 33.5 Å². The Morgan fingerprint density at radius 3 is 2.46 bits per heavy atom. The summed E-state index contributed by atoms with van der Waals surface area (Å²) in [5.74, 6) is 1.48. The number of rotatable bonds is 4. The van der Waals surface area contributed by atoms with Gasteiger partial charge in [0, 0.05) is 17.1 Å². The molecule has 3 aromatic rings. The molecule has 1 heterocycles. The second-order valence-corrected chi connectivity index (χ2v) is 6.78. The fourth-order valence-corrected chi connectivity index (χ4v) is 2.98. The van der Waals surface area contributed by atoms with E-state index in [0.29, 0.717) is 17.2 Å². The van der Waals surface area contributed by atoms with Crippen LogP contribution in [0.5, 0.6) is 11.5 Å². The zero-order chi connectivity index (χ0) is 18.8. The van der Waals surface area contributed by atoms with Crippen LogP contribution in [-0.2, 0) is 4.74 Å². The number of fused-ring (bicyclic) bond motifs is 1. The van der Waals surface area contributed by atoms with Crippen LogP contribution in [0.25, 0.3) is 10.9 Å². The number of pyridine rings is 1. The van der Waals surface area contributed by atoms with E-state index < -0.39 is 0 Å². The Kier molecular flexibility index (Phi) is 4.94. The van der Waals surface area contributed by atoms with E-state index >= 15 is 0 Å². The van der Waals surface area contributed by atoms with Gasteiger partial charge in [-0.2, -0.15) is 0 Å². The Morgan fingerprint density at radius 1 is 1.00 bits per heavy atom. The standard InChI is InChI=1S/C22H23NO3/c1-13(2)17-8-6-14(3)10-20(17)26-21-11-15(4)23-19-9-7-16(12-18(19)21)22(24)25-5/h6-13H,1-5H3. The Bertz CT molecular complexity index is 977. The minimum absolute atomic E-state index is 0.338. The zero-order valence-electron chi connectivity index (χ0n) is 15.8. The van der Waals surface area contributed by atoms with E-state index in [9.17, 15) is 4.79 Å². The molecule has 4 heteroatoms. The van der Waals surface area contributed by atoms with Crippen molar-refractivity contribution in [1.29, 1.82) is 0 Å². The minimum Gasteiger partial charge on any atom is -0.465 e. The molecule has 0 saturated carbocycles. The lowest BCUT2D eigenvalue weighted by molar-refractivity contribution is 0.0601. The van der Waals surface area contributed by atoms with Gasteiger partial charge in [-0.1, -0.05) is 26.0 Å². The normalized spacial score (nSPS) is 11.0. The number of carbonyl (C=O) groups excluding carboxylic acids is 1. The van der Waals surface area contributed by atoms with Gasteiger partial charge in [0.2, 0.25) is 0 Å². The molecule has 0 bridgehead atoms. The highest BCUT2D eigenvalue weighted by atomic mass is 16.5. The summed E-state index contributed by atoms with van der Waals surface area (Å²) >= 11 is 0. The van der Waals surface area contributed by atoms with Crippen molar-refractivity contribution < 1.29 is 14.3 Å². The largest absolute Gasteiger partial charge is 0.465 e. The number of hydrogen-bond donors (Lipinski definition) is 0. The number of hydrogen-bond acceptors (Lipinski definition) is 4. The first-order valence-electron chi connectivity index (χ1n) is 8.67. The van der Waals surface area contributed by atoms with E-state index in [-0.39, 0.29) is 5.97 Å². The van der Waals surface area contributed by atoms with Crippen LogP contribution in [0.3, 0.4) is 0 Å². The third-order valence-electron chi connectivity index (χ3n) is 4.33. The number of methoxy groups -OCH3 is 1. The predicted octanol–water partition coefficient (Wildman–Crippen LogP) is 5.55. The van der Waals surface area contributed by atoms with Crippen LogP contribution in [-0.4, -0.2) is 18.1 Å². The average Bonchev–Trinajstić information content (AvgIpc) is 2.60. The summed E-state index contributed by atoms with van der Waals surface area (Å²) < 4.78 is 11.2. The number of aryl methyl sites for hydroxylation is 2. The maximum absolute atomic E-state index is 11.9. The summed E-state index contributed by atoms with van der Waals surface area (Å²) in [7, 11) is 1.37. The van der Waals surface area contributed by atoms with Crippen molar-refractivity contribution in [2.45, 2.75) is 33.6 Å². The molecule has 0 unspecified atom stereocenters. The number of nitrogens with zero attached hydrogens (tertiary/aromatic N) is 1. The Balaban J connectivity index is 2.15. The second kappa shape index (κ2) is 7.16. The molecule has 0 spiro atoms. The molecule has 4 nitrogen and oxygen atoms in total. The molecular weight excluding hydrogens is 326 g/mol. The summed E-state index contributed by atoms with van der Waals surface area (Å²) in [4.78, 5) is 16.4. The van der Waals surface area contributed by atoms with Gasteiger partial charge >= 0.3 is 5.97 Å². The molecule has 0 amide bonds. The molecular formula is C22H23NO3. The second-order valence-electron chi connectivity index (χ2n) is 6.78. The van der Waals surface area contributed by atoms with Crippen molar-refractivity contribution in [2.75, 3.05) is 7.11 Å². The van der Waals surface area contributed by atoms with Crippen molar-refractivity contribution in [3.05, 3.63) is 64.8 Å². The van der Waals surface area contributed by atoms with Crippen LogP contribution >= 0.6 is 0 Å². The zero-order valence-corrected chi connectivity index (χ0v) is 15.8. The van der Waals surface area contributed by atoms with E-state index in [1.54, 1.807) is 12.1 Å². The monoisotopic (exact) mass is 349 g/mol. The molecule has 0 aliphatic carbocycles. The fourth-order valence-electron chi connectivity index (χ4n) is 2.98. The molecule has 0 aliphatic heterocycles. The van der Waals surface area contributed by atoms with Crippen LogP contribution in [0.1, 0.15) is 46.9 Å². The van der Waals surface area contributed by atoms with Gasteiger partial charge in [-0.15, -0.1) is 0 Å². The molecule has 2 aromatic carbocycles. The first-order valence-corrected chi connectivity index (χ1v) is 8.67. The molecule has 0 radical (unpaired) electrons. The van der Waals surface area contributed by atoms with Crippen LogP contribution < -0.4 is 4.74 Å². The van der Waals surface area contributed by atoms with Crippen LogP contribution in [0.2, 0.25) is 0 Å². The van der Waals surface area contributed by atoms with E-state index in [4.69, 9.17) is 9.47 Å². The van der Waals surface area contributed by atoms with Crippen LogP contribution in [0.15, 0.2) is 42.5 Å². The van der Waals surface area contributed by atoms with Gasteiger partial charge < -0.3 is 9.47 Å². The highest BCUT2D eigenvalue weighted by Gasteiger charge is 2.14. The van der Waals surface area contributed by atoms with Crippen molar-refractivity contribution in [2.24, 2.45) is 0 Å². The number of ether oxygens (including phenoxy) is 2. The highest BCUT2D eigenvalue weighted by Crippen LogP contribution is 2.35. The number of aromatic nitrogens is 1. The highest BCUT2D eigenvalue weighted by molar-refractivity contribution is 5.96. The minimum atomic E-state index is -0.378. The summed E-state index contributed by atoms with van der Waals surface area (Å²) in [5.41, 5.74) is 4.39. The molecule has 1 aromatic heterocycles. The lowest BCUT2D eigenvalue weighted by Gasteiger charge is -2.16. The van der Waals surface area contributed by atoms with E-state index in [2.05, 4.69) is 31.0 Å². The number of esters is 1. The average molecular weight is 349 g/mol. The Morgan fingerprint density at radius 2 is 1.77 bits per heavy atom. The molecule has 26 heavy (non-hydrogen) atoms. The summed E-state index contributed by atoms with van der Waals surface area (Å²) in [6.45, 7) is 8.26. The summed E-state index contributed by atoms with van der Waals surface area (Å²) in [6, 6.07) is 13.4. The Labute approximate surface area is 153 Å². The Hall–Kier alpha value is -2.88. The number of benzene rings is 2. The molecule has 0 aliphatic rings. The van der Waals surface area contributed by atoms with Crippen molar-refractivity contribution in [3.8, 4) is 11.5 Å². The lowest BCUT2D eigenvalue weighted by atomic mass is 10.0. The van der Waals surface area contributed by atoms with Crippen molar-refractivity contribution >= 4 is 16.9 Å². The summed E-state index contributed by atoms with van der Waals surface area (Å²) in [6.07, 6.45) is 0. The van der Waals surface area contributed by atoms with E-state index in [1.165, 1.54) is 7.11 Å². The van der Waals surface area contributed by atoms with Gasteiger partial charge in [0.25, 0.3) is 0 Å².